The largest absolute Gasteiger partial charge is 0.256 e. The molecule has 1 nitrogen and oxygen atoms in total. The van der Waals surface area contributed by atoms with Gasteiger partial charge in [-0.15, -0.1) is 0 Å². The highest BCUT2D eigenvalue weighted by molar-refractivity contribution is 6.21. The summed E-state index contributed by atoms with van der Waals surface area (Å²) in [7, 11) is 0. The molecule has 0 atom stereocenters. The van der Waals surface area contributed by atoms with E-state index in [2.05, 4.69) is 237 Å². The zero-order valence-corrected chi connectivity index (χ0v) is 34.1. The third kappa shape index (κ3) is 6.67. The number of hydrogen-bond donors (Lipinski definition) is 0. The van der Waals surface area contributed by atoms with Gasteiger partial charge < -0.3 is 0 Å². The Hall–Kier alpha value is -8.13. The van der Waals surface area contributed by atoms with Crippen LogP contribution in [0.25, 0.3) is 111 Å². The van der Waals surface area contributed by atoms with Crippen molar-refractivity contribution in [2.75, 3.05) is 0 Å². The molecule has 1 heteroatoms. The number of aromatic nitrogens is 1. The second-order valence-corrected chi connectivity index (χ2v) is 15.8. The highest BCUT2D eigenvalue weighted by Gasteiger charge is 2.24. The van der Waals surface area contributed by atoms with E-state index in [0.29, 0.717) is 0 Å². The molecule has 0 spiro atoms. The van der Waals surface area contributed by atoms with Crippen molar-refractivity contribution in [3.05, 3.63) is 249 Å². The smallest absolute Gasteiger partial charge is 0.0714 e. The predicted octanol–water partition coefficient (Wildman–Crippen LogP) is 16.7. The minimum atomic E-state index is 0.981. The average Bonchev–Trinajstić information content (AvgIpc) is 3.36. The normalized spacial score (nSPS) is 11.2. The van der Waals surface area contributed by atoms with Crippen LogP contribution in [0.1, 0.15) is 0 Å². The van der Waals surface area contributed by atoms with E-state index in [-0.39, 0.29) is 0 Å². The Morgan fingerprint density at radius 2 is 0.581 bits per heavy atom. The predicted molar refractivity (Wildman–Crippen MR) is 263 cm³/mol. The number of benzene rings is 10. The van der Waals surface area contributed by atoms with Gasteiger partial charge in [0.25, 0.3) is 0 Å². The van der Waals surface area contributed by atoms with Gasteiger partial charge in [0.15, 0.2) is 0 Å². The second-order valence-electron chi connectivity index (χ2n) is 15.8. The molecule has 1 aromatic heterocycles. The van der Waals surface area contributed by atoms with Crippen LogP contribution in [-0.2, 0) is 0 Å². The van der Waals surface area contributed by atoms with Gasteiger partial charge >= 0.3 is 0 Å². The minimum Gasteiger partial charge on any atom is -0.256 e. The lowest BCUT2D eigenvalue weighted by molar-refractivity contribution is 1.34. The Kier molecular flexibility index (Phi) is 9.61. The summed E-state index contributed by atoms with van der Waals surface area (Å²) in [4.78, 5) is 4.83. The Balaban J connectivity index is 1.15. The highest BCUT2D eigenvalue weighted by atomic mass is 14.7. The first-order chi connectivity index (χ1) is 30.8. The van der Waals surface area contributed by atoms with Crippen molar-refractivity contribution >= 4 is 21.5 Å². The lowest BCUT2D eigenvalue weighted by atomic mass is 9.78. The van der Waals surface area contributed by atoms with Gasteiger partial charge in [0.1, 0.15) is 0 Å². The van der Waals surface area contributed by atoms with E-state index < -0.39 is 0 Å². The molecule has 0 aliphatic carbocycles. The van der Waals surface area contributed by atoms with Gasteiger partial charge in [0.2, 0.25) is 0 Å². The first kappa shape index (κ1) is 36.9. The van der Waals surface area contributed by atoms with Gasteiger partial charge in [0.05, 0.1) is 5.69 Å². The first-order valence-corrected chi connectivity index (χ1v) is 21.3. The molecule has 11 aromatic rings. The minimum absolute atomic E-state index is 0.981. The highest BCUT2D eigenvalue weighted by Crippen LogP contribution is 2.51. The quantitative estimate of drug-likeness (QED) is 0.140. The number of nitrogens with zero attached hydrogens (tertiary/aromatic N) is 1. The third-order valence-corrected chi connectivity index (χ3v) is 12.1. The summed E-state index contributed by atoms with van der Waals surface area (Å²) in [6.07, 6.45) is 1.88. The molecule has 0 saturated heterocycles. The molecule has 10 aromatic carbocycles. The molecule has 11 rings (SSSR count). The third-order valence-electron chi connectivity index (χ3n) is 12.1. The fraction of sp³-hybridized carbons (Fsp3) is 0. The van der Waals surface area contributed by atoms with Crippen molar-refractivity contribution in [3.63, 3.8) is 0 Å². The van der Waals surface area contributed by atoms with E-state index in [4.69, 9.17) is 4.98 Å². The van der Waals surface area contributed by atoms with Crippen LogP contribution in [0, 0.1) is 0 Å². The summed E-state index contributed by atoms with van der Waals surface area (Å²) >= 11 is 0. The summed E-state index contributed by atoms with van der Waals surface area (Å²) in [6.45, 7) is 0. The lowest BCUT2D eigenvalue weighted by Crippen LogP contribution is -1.98. The molecule has 0 radical (unpaired) electrons. The van der Waals surface area contributed by atoms with Crippen LogP contribution in [0.2, 0.25) is 0 Å². The zero-order valence-electron chi connectivity index (χ0n) is 34.1. The van der Waals surface area contributed by atoms with Crippen LogP contribution in [-0.4, -0.2) is 4.98 Å². The van der Waals surface area contributed by atoms with Gasteiger partial charge in [-0.25, -0.2) is 0 Å². The molecule has 0 aliphatic rings. The van der Waals surface area contributed by atoms with Crippen molar-refractivity contribution in [2.24, 2.45) is 0 Å². The van der Waals surface area contributed by atoms with E-state index in [1.807, 2.05) is 12.3 Å². The average molecular weight is 788 g/mol. The molecule has 0 amide bonds. The number of rotatable bonds is 8. The van der Waals surface area contributed by atoms with E-state index in [0.717, 1.165) is 16.8 Å². The van der Waals surface area contributed by atoms with Crippen LogP contribution < -0.4 is 0 Å². The van der Waals surface area contributed by atoms with E-state index in [1.54, 1.807) is 0 Å². The Morgan fingerprint density at radius 3 is 1.08 bits per heavy atom. The van der Waals surface area contributed by atoms with Crippen LogP contribution in [0.5, 0.6) is 0 Å². The van der Waals surface area contributed by atoms with Crippen LogP contribution in [0.15, 0.2) is 249 Å². The molecule has 62 heavy (non-hydrogen) atoms. The van der Waals surface area contributed by atoms with Crippen molar-refractivity contribution in [1.82, 2.24) is 4.98 Å². The van der Waals surface area contributed by atoms with Crippen molar-refractivity contribution < 1.29 is 0 Å². The number of fused-ring (bicyclic) bond motifs is 2. The van der Waals surface area contributed by atoms with Gasteiger partial charge in [-0.1, -0.05) is 212 Å². The fourth-order valence-corrected chi connectivity index (χ4v) is 9.41. The standard InChI is InChI=1S/C61H41N/c1-5-21-42(22-6-1)54-41-55(59(44-25-9-3-10-26-44)60(45-27-11-4-12-28-45)58(54)43-23-7-2-8-24-43)48-31-19-29-46(39-48)47-30-20-32-49(40-47)57-50-33-13-15-35-52(50)61(56-37-17-18-38-62-56)53-36-16-14-34-51(53)57/h1-41H. The molecule has 0 unspecified atom stereocenters. The van der Waals surface area contributed by atoms with Crippen molar-refractivity contribution in [3.8, 4) is 89.1 Å². The van der Waals surface area contributed by atoms with Crippen LogP contribution in [0.3, 0.4) is 0 Å². The molecule has 0 saturated carbocycles. The van der Waals surface area contributed by atoms with Crippen molar-refractivity contribution in [2.45, 2.75) is 0 Å². The second kappa shape index (κ2) is 16.1. The maximum absolute atomic E-state index is 4.83. The van der Waals surface area contributed by atoms with E-state index >= 15 is 0 Å². The zero-order chi connectivity index (χ0) is 41.2. The Morgan fingerprint density at radius 1 is 0.210 bits per heavy atom. The maximum atomic E-state index is 4.83. The van der Waals surface area contributed by atoms with Crippen LogP contribution in [0.4, 0.5) is 0 Å². The van der Waals surface area contributed by atoms with E-state index in [9.17, 15) is 0 Å². The number of pyridine rings is 1. The summed E-state index contributed by atoms with van der Waals surface area (Å²) in [5.74, 6) is 0. The van der Waals surface area contributed by atoms with Crippen molar-refractivity contribution in [1.29, 1.82) is 0 Å². The first-order valence-electron chi connectivity index (χ1n) is 21.3. The molecular weight excluding hydrogens is 747 g/mol. The molecule has 0 N–H and O–H groups in total. The lowest BCUT2D eigenvalue weighted by Gasteiger charge is -2.24. The molecule has 1 heterocycles. The number of hydrogen-bond acceptors (Lipinski definition) is 1. The monoisotopic (exact) mass is 787 g/mol. The van der Waals surface area contributed by atoms with E-state index in [1.165, 1.54) is 93.9 Å². The molecule has 0 fully saturated rings. The van der Waals surface area contributed by atoms with Gasteiger partial charge in [0, 0.05) is 11.8 Å². The fourth-order valence-electron chi connectivity index (χ4n) is 9.41. The summed E-state index contributed by atoms with van der Waals surface area (Å²) in [6, 6.07) is 88.0. The molecular formula is C61H41N. The molecule has 0 aliphatic heterocycles. The summed E-state index contributed by atoms with van der Waals surface area (Å²) < 4.78 is 0. The molecule has 290 valence electrons. The van der Waals surface area contributed by atoms with Gasteiger partial charge in [-0.05, 0) is 130 Å². The summed E-state index contributed by atoms with van der Waals surface area (Å²) in [5.41, 5.74) is 18.8. The van der Waals surface area contributed by atoms with Gasteiger partial charge in [-0.2, -0.15) is 0 Å². The Bertz CT molecular complexity index is 3300. The topological polar surface area (TPSA) is 12.9 Å². The maximum Gasteiger partial charge on any atom is 0.0714 e. The molecule has 0 bridgehead atoms. The summed E-state index contributed by atoms with van der Waals surface area (Å²) in [5, 5.41) is 4.82. The SMILES string of the molecule is c1ccc(-c2cc(-c3cccc(-c4cccc(-c5c6ccccc6c(-c6ccccn6)c6ccccc56)c4)c3)c(-c3ccccc3)c(-c3ccccc3)c2-c2ccccc2)cc1. The van der Waals surface area contributed by atoms with Gasteiger partial charge in [-0.3, -0.25) is 4.98 Å². The Labute approximate surface area is 362 Å². The van der Waals surface area contributed by atoms with Crippen LogP contribution >= 0.6 is 0 Å².